The predicted molar refractivity (Wildman–Crippen MR) is 80.9 cm³/mol. The van der Waals surface area contributed by atoms with E-state index in [1.807, 2.05) is 20.1 Å². The van der Waals surface area contributed by atoms with Crippen LogP contribution in [0.4, 0.5) is 0 Å². The Morgan fingerprint density at radius 1 is 1.40 bits per heavy atom. The van der Waals surface area contributed by atoms with Crippen molar-refractivity contribution in [2.24, 2.45) is 0 Å². The molecule has 6 heteroatoms. The number of hydrogen-bond acceptors (Lipinski definition) is 4. The van der Waals surface area contributed by atoms with E-state index in [9.17, 15) is 9.59 Å². The molecule has 0 aliphatic carbocycles. The highest BCUT2D eigenvalue weighted by Gasteiger charge is 2.22. The summed E-state index contributed by atoms with van der Waals surface area (Å²) in [6.07, 6.45) is 4.85. The first-order chi connectivity index (χ1) is 9.58. The molecule has 20 heavy (non-hydrogen) atoms. The molecule has 0 fully saturated rings. The Morgan fingerprint density at radius 3 is 2.70 bits per heavy atom. The number of nitrogens with one attached hydrogen (secondary N) is 2. The summed E-state index contributed by atoms with van der Waals surface area (Å²) in [5.41, 5.74) is 0. The van der Waals surface area contributed by atoms with E-state index in [1.54, 1.807) is 23.9 Å². The van der Waals surface area contributed by atoms with Gasteiger partial charge in [0.15, 0.2) is 5.76 Å². The largest absolute Gasteiger partial charge is 0.459 e. The molecule has 2 atom stereocenters. The van der Waals surface area contributed by atoms with Gasteiger partial charge in [-0.2, -0.15) is 11.8 Å². The van der Waals surface area contributed by atoms with Gasteiger partial charge in [-0.15, -0.1) is 0 Å². The Bertz CT molecular complexity index is 420. The van der Waals surface area contributed by atoms with Crippen LogP contribution in [0.3, 0.4) is 0 Å². The summed E-state index contributed by atoms with van der Waals surface area (Å²) in [5, 5.41) is 5.62. The van der Waals surface area contributed by atoms with Gasteiger partial charge in [-0.3, -0.25) is 9.59 Å². The predicted octanol–water partition coefficient (Wildman–Crippen LogP) is 2.05. The lowest BCUT2D eigenvalue weighted by molar-refractivity contribution is -0.123. The van der Waals surface area contributed by atoms with Crippen LogP contribution in [0.25, 0.3) is 0 Å². The number of furan rings is 1. The molecule has 2 N–H and O–H groups in total. The molecule has 1 aromatic heterocycles. The molecular weight excluding hydrogens is 276 g/mol. The minimum atomic E-state index is -0.533. The van der Waals surface area contributed by atoms with Crippen LogP contribution >= 0.6 is 11.8 Å². The van der Waals surface area contributed by atoms with Crippen molar-refractivity contribution in [2.75, 3.05) is 12.0 Å². The Hall–Kier alpha value is -1.43. The fraction of sp³-hybridized carbons (Fsp3) is 0.571. The van der Waals surface area contributed by atoms with Gasteiger partial charge in [-0.1, -0.05) is 6.92 Å². The highest BCUT2D eigenvalue weighted by Crippen LogP contribution is 2.05. The first kappa shape index (κ1) is 16.6. The first-order valence-corrected chi connectivity index (χ1v) is 8.11. The number of carbonyl (C=O) groups is 2. The third-order valence-electron chi connectivity index (χ3n) is 2.98. The van der Waals surface area contributed by atoms with E-state index in [-0.39, 0.29) is 23.6 Å². The number of thioether (sulfide) groups is 1. The molecular formula is C14H22N2O3S. The van der Waals surface area contributed by atoms with Crippen molar-refractivity contribution in [3.8, 4) is 0 Å². The third kappa shape index (κ3) is 5.28. The Balaban J connectivity index is 2.63. The van der Waals surface area contributed by atoms with Crippen LogP contribution in [-0.2, 0) is 4.79 Å². The van der Waals surface area contributed by atoms with Crippen molar-refractivity contribution in [1.82, 2.24) is 10.6 Å². The van der Waals surface area contributed by atoms with Crippen LogP contribution in [0.15, 0.2) is 22.8 Å². The van der Waals surface area contributed by atoms with E-state index >= 15 is 0 Å². The van der Waals surface area contributed by atoms with E-state index < -0.39 is 6.04 Å². The Kier molecular flexibility index (Phi) is 7.22. The van der Waals surface area contributed by atoms with E-state index in [2.05, 4.69) is 10.6 Å². The molecule has 5 nitrogen and oxygen atoms in total. The van der Waals surface area contributed by atoms with Gasteiger partial charge in [-0.25, -0.2) is 0 Å². The van der Waals surface area contributed by atoms with E-state index in [0.29, 0.717) is 6.42 Å². The second-order valence-corrected chi connectivity index (χ2v) is 5.59. The fourth-order valence-electron chi connectivity index (χ4n) is 1.59. The Labute approximate surface area is 123 Å². The number of rotatable bonds is 8. The lowest BCUT2D eigenvalue weighted by Gasteiger charge is -2.20. The SMILES string of the molecule is CCC(C)NC(=O)C(CCSC)NC(=O)c1ccco1. The molecule has 0 saturated carbocycles. The number of amides is 2. The average molecular weight is 298 g/mol. The second-order valence-electron chi connectivity index (χ2n) is 4.60. The summed E-state index contributed by atoms with van der Waals surface area (Å²) < 4.78 is 5.03. The Morgan fingerprint density at radius 2 is 2.15 bits per heavy atom. The molecule has 0 aromatic carbocycles. The lowest BCUT2D eigenvalue weighted by atomic mass is 10.1. The minimum Gasteiger partial charge on any atom is -0.459 e. The van der Waals surface area contributed by atoms with E-state index in [0.717, 1.165) is 12.2 Å². The standard InChI is InChI=1S/C14H22N2O3S/c1-4-10(2)15-13(17)11(7-9-20-3)16-14(18)12-6-5-8-19-12/h5-6,8,10-11H,4,7,9H2,1-3H3,(H,15,17)(H,16,18). The van der Waals surface area contributed by atoms with Crippen molar-refractivity contribution in [3.05, 3.63) is 24.2 Å². The maximum atomic E-state index is 12.2. The minimum absolute atomic E-state index is 0.0970. The monoisotopic (exact) mass is 298 g/mol. The summed E-state index contributed by atoms with van der Waals surface area (Å²) in [5.74, 6) is 0.515. The summed E-state index contributed by atoms with van der Waals surface area (Å²) in [7, 11) is 0. The second kappa shape index (κ2) is 8.68. The summed E-state index contributed by atoms with van der Waals surface area (Å²) in [6.45, 7) is 3.95. The molecule has 2 unspecified atom stereocenters. The zero-order valence-electron chi connectivity index (χ0n) is 12.1. The lowest BCUT2D eigenvalue weighted by Crippen LogP contribution is -2.49. The molecule has 0 aliphatic heterocycles. The van der Waals surface area contributed by atoms with Gasteiger partial charge >= 0.3 is 0 Å². The van der Waals surface area contributed by atoms with E-state index in [1.165, 1.54) is 6.26 Å². The van der Waals surface area contributed by atoms with Crippen molar-refractivity contribution in [3.63, 3.8) is 0 Å². The molecule has 0 aliphatic rings. The van der Waals surface area contributed by atoms with Crippen molar-refractivity contribution >= 4 is 23.6 Å². The van der Waals surface area contributed by atoms with Crippen LogP contribution in [-0.4, -0.2) is 35.9 Å². The van der Waals surface area contributed by atoms with Crippen molar-refractivity contribution < 1.29 is 14.0 Å². The van der Waals surface area contributed by atoms with Gasteiger partial charge in [-0.05, 0) is 43.9 Å². The molecule has 1 aromatic rings. The fourth-order valence-corrected chi connectivity index (χ4v) is 2.06. The van der Waals surface area contributed by atoms with Crippen molar-refractivity contribution in [1.29, 1.82) is 0 Å². The molecule has 1 rings (SSSR count). The van der Waals surface area contributed by atoms with Crippen LogP contribution in [0.2, 0.25) is 0 Å². The third-order valence-corrected chi connectivity index (χ3v) is 3.62. The average Bonchev–Trinajstić information content (AvgIpc) is 2.97. The van der Waals surface area contributed by atoms with Crippen molar-refractivity contribution in [2.45, 2.75) is 38.8 Å². The zero-order valence-corrected chi connectivity index (χ0v) is 13.0. The molecule has 2 amide bonds. The molecule has 1 heterocycles. The smallest absolute Gasteiger partial charge is 0.287 e. The summed E-state index contributed by atoms with van der Waals surface area (Å²) >= 11 is 1.64. The topological polar surface area (TPSA) is 71.3 Å². The highest BCUT2D eigenvalue weighted by molar-refractivity contribution is 7.98. The molecule has 0 bridgehead atoms. The van der Waals surface area contributed by atoms with Crippen LogP contribution < -0.4 is 10.6 Å². The quantitative estimate of drug-likeness (QED) is 0.770. The first-order valence-electron chi connectivity index (χ1n) is 6.72. The van der Waals surface area contributed by atoms with Gasteiger partial charge in [0.1, 0.15) is 6.04 Å². The number of hydrogen-bond donors (Lipinski definition) is 2. The van der Waals surface area contributed by atoms with Gasteiger partial charge in [0.2, 0.25) is 5.91 Å². The zero-order chi connectivity index (χ0) is 15.0. The van der Waals surface area contributed by atoms with Crippen LogP contribution in [0.5, 0.6) is 0 Å². The van der Waals surface area contributed by atoms with Crippen LogP contribution in [0.1, 0.15) is 37.2 Å². The maximum absolute atomic E-state index is 12.2. The van der Waals surface area contributed by atoms with Crippen LogP contribution in [0, 0.1) is 0 Å². The summed E-state index contributed by atoms with van der Waals surface area (Å²) in [6, 6.07) is 2.78. The maximum Gasteiger partial charge on any atom is 0.287 e. The van der Waals surface area contributed by atoms with Gasteiger partial charge in [0.25, 0.3) is 5.91 Å². The van der Waals surface area contributed by atoms with E-state index in [4.69, 9.17) is 4.42 Å². The number of carbonyl (C=O) groups excluding carboxylic acids is 2. The molecule has 112 valence electrons. The highest BCUT2D eigenvalue weighted by atomic mass is 32.2. The molecule has 0 radical (unpaired) electrons. The van der Waals surface area contributed by atoms with Gasteiger partial charge in [0, 0.05) is 6.04 Å². The molecule has 0 spiro atoms. The summed E-state index contributed by atoms with van der Waals surface area (Å²) in [4.78, 5) is 24.1. The van der Waals surface area contributed by atoms with Gasteiger partial charge < -0.3 is 15.1 Å². The van der Waals surface area contributed by atoms with Gasteiger partial charge in [0.05, 0.1) is 6.26 Å². The normalized spacial score (nSPS) is 13.6. The molecule has 0 saturated heterocycles.